The molecule has 1 atom stereocenters. The van der Waals surface area contributed by atoms with Crippen LogP contribution in [-0.4, -0.2) is 31.4 Å². The molecule has 1 amide bonds. The number of rotatable bonds is 2. The average Bonchev–Trinajstić information content (AvgIpc) is 3.05. The predicted molar refractivity (Wildman–Crippen MR) is 91.5 cm³/mol. The second-order valence-corrected chi connectivity index (χ2v) is 6.13. The smallest absolute Gasteiger partial charge is 0.259 e. The van der Waals surface area contributed by atoms with Gasteiger partial charge in [0.25, 0.3) is 5.91 Å². The van der Waals surface area contributed by atoms with Crippen molar-refractivity contribution in [1.29, 1.82) is 0 Å². The number of nitrogen functional groups attached to an aromatic ring is 1. The second-order valence-electron chi connectivity index (χ2n) is 6.13. The molecule has 122 valence electrons. The van der Waals surface area contributed by atoms with Gasteiger partial charge in [-0.3, -0.25) is 4.79 Å². The van der Waals surface area contributed by atoms with Gasteiger partial charge in [0.05, 0.1) is 6.20 Å². The zero-order valence-electron chi connectivity index (χ0n) is 13.5. The molecular formula is C18H19N5O. The molecule has 3 aromatic rings. The molecule has 6 heteroatoms. The van der Waals surface area contributed by atoms with Crippen LogP contribution >= 0.6 is 0 Å². The molecule has 2 N–H and O–H groups in total. The topological polar surface area (TPSA) is 76.5 Å². The number of hydrogen-bond acceptors (Lipinski definition) is 4. The van der Waals surface area contributed by atoms with Crippen molar-refractivity contribution in [2.24, 2.45) is 0 Å². The van der Waals surface area contributed by atoms with Gasteiger partial charge >= 0.3 is 0 Å². The van der Waals surface area contributed by atoms with Gasteiger partial charge < -0.3 is 10.6 Å². The zero-order chi connectivity index (χ0) is 16.7. The Labute approximate surface area is 139 Å². The van der Waals surface area contributed by atoms with Crippen molar-refractivity contribution in [3.8, 4) is 0 Å². The van der Waals surface area contributed by atoms with Crippen LogP contribution in [0.3, 0.4) is 0 Å². The molecule has 4 rings (SSSR count). The fourth-order valence-electron chi connectivity index (χ4n) is 3.41. The first-order valence-corrected chi connectivity index (χ1v) is 8.15. The Kier molecular flexibility index (Phi) is 3.45. The first kappa shape index (κ1) is 14.7. The van der Waals surface area contributed by atoms with Gasteiger partial charge in [-0.25, -0.2) is 4.98 Å². The van der Waals surface area contributed by atoms with Gasteiger partial charge in [0, 0.05) is 18.8 Å². The van der Waals surface area contributed by atoms with Crippen LogP contribution in [0.25, 0.3) is 5.65 Å². The van der Waals surface area contributed by atoms with E-state index in [0.717, 1.165) is 12.8 Å². The number of fused-ring (bicyclic) bond motifs is 2. The highest BCUT2D eigenvalue weighted by Gasteiger charge is 2.31. The minimum Gasteiger partial charge on any atom is -0.384 e. The fourth-order valence-corrected chi connectivity index (χ4v) is 3.41. The van der Waals surface area contributed by atoms with Crippen molar-refractivity contribution in [1.82, 2.24) is 19.5 Å². The largest absolute Gasteiger partial charge is 0.384 e. The van der Waals surface area contributed by atoms with Crippen LogP contribution < -0.4 is 5.73 Å². The van der Waals surface area contributed by atoms with Crippen LogP contribution in [0, 0.1) is 0 Å². The van der Waals surface area contributed by atoms with Crippen LogP contribution in [-0.2, 0) is 13.0 Å². The van der Waals surface area contributed by atoms with E-state index in [9.17, 15) is 4.79 Å². The molecule has 24 heavy (non-hydrogen) atoms. The maximum atomic E-state index is 13.2. The van der Waals surface area contributed by atoms with Crippen molar-refractivity contribution in [3.63, 3.8) is 0 Å². The van der Waals surface area contributed by atoms with E-state index < -0.39 is 0 Å². The first-order chi connectivity index (χ1) is 11.7. The number of benzene rings is 1. The van der Waals surface area contributed by atoms with Crippen molar-refractivity contribution in [2.45, 2.75) is 32.4 Å². The number of carbonyl (C=O) groups is 1. The Morgan fingerprint density at radius 1 is 1.29 bits per heavy atom. The van der Waals surface area contributed by atoms with E-state index in [1.54, 1.807) is 18.5 Å². The molecule has 1 aromatic carbocycles. The third-order valence-corrected chi connectivity index (χ3v) is 4.75. The summed E-state index contributed by atoms with van der Waals surface area (Å²) in [5, 5.41) is 4.21. The number of nitrogens with two attached hydrogens (primary N) is 1. The zero-order valence-corrected chi connectivity index (χ0v) is 13.5. The molecule has 0 saturated heterocycles. The van der Waals surface area contributed by atoms with Crippen molar-refractivity contribution in [3.05, 3.63) is 59.4 Å². The molecule has 6 nitrogen and oxygen atoms in total. The lowest BCUT2D eigenvalue weighted by Crippen LogP contribution is -2.44. The predicted octanol–water partition coefficient (Wildman–Crippen LogP) is 2.29. The lowest BCUT2D eigenvalue weighted by Gasteiger charge is -2.36. The molecule has 0 saturated carbocycles. The SMILES string of the molecule is CCC1Cc2ccccc2CN1C(=O)c1cnn2c(N)ccnc12. The van der Waals surface area contributed by atoms with Gasteiger partial charge in [-0.05, 0) is 30.0 Å². The van der Waals surface area contributed by atoms with Crippen LogP contribution in [0.5, 0.6) is 0 Å². The van der Waals surface area contributed by atoms with Gasteiger partial charge in [0.2, 0.25) is 0 Å². The number of amides is 1. The third kappa shape index (κ3) is 2.22. The fraction of sp³-hybridized carbons (Fsp3) is 0.278. The minimum atomic E-state index is -0.0375. The second kappa shape index (κ2) is 5.63. The Bertz CT molecular complexity index is 917. The van der Waals surface area contributed by atoms with Crippen molar-refractivity contribution in [2.75, 3.05) is 5.73 Å². The van der Waals surface area contributed by atoms with Crippen molar-refractivity contribution >= 4 is 17.4 Å². The standard InChI is InChI=1S/C18H19N5O/c1-2-14-9-12-5-3-4-6-13(12)11-22(14)18(24)15-10-21-23-16(19)7-8-20-17(15)23/h3-8,10,14H,2,9,11,19H2,1H3. The highest BCUT2D eigenvalue weighted by molar-refractivity contribution is 6.00. The molecule has 0 spiro atoms. The summed E-state index contributed by atoms with van der Waals surface area (Å²) in [6, 6.07) is 10.2. The molecule has 0 aliphatic carbocycles. The van der Waals surface area contributed by atoms with Gasteiger partial charge in [-0.15, -0.1) is 0 Å². The highest BCUT2D eigenvalue weighted by atomic mass is 16.2. The van der Waals surface area contributed by atoms with Crippen LogP contribution in [0.4, 0.5) is 5.82 Å². The molecule has 2 aromatic heterocycles. The van der Waals surface area contributed by atoms with Crippen LogP contribution in [0.1, 0.15) is 34.8 Å². The Morgan fingerprint density at radius 2 is 2.08 bits per heavy atom. The summed E-state index contributed by atoms with van der Waals surface area (Å²) in [6.07, 6.45) is 4.96. The van der Waals surface area contributed by atoms with Gasteiger partial charge in [-0.2, -0.15) is 9.61 Å². The highest BCUT2D eigenvalue weighted by Crippen LogP contribution is 2.27. The maximum absolute atomic E-state index is 13.2. The minimum absolute atomic E-state index is 0.0375. The monoisotopic (exact) mass is 321 g/mol. The summed E-state index contributed by atoms with van der Waals surface area (Å²) in [5.41, 5.74) is 9.45. The summed E-state index contributed by atoms with van der Waals surface area (Å²) in [6.45, 7) is 2.73. The molecular weight excluding hydrogens is 302 g/mol. The number of hydrogen-bond donors (Lipinski definition) is 1. The van der Waals surface area contributed by atoms with Crippen LogP contribution in [0.2, 0.25) is 0 Å². The van der Waals surface area contributed by atoms with Gasteiger partial charge in [0.15, 0.2) is 5.65 Å². The number of anilines is 1. The molecule has 0 bridgehead atoms. The summed E-state index contributed by atoms with van der Waals surface area (Å²) in [5.74, 6) is 0.430. The number of carbonyl (C=O) groups excluding carboxylic acids is 1. The quantitative estimate of drug-likeness (QED) is 0.785. The number of aromatic nitrogens is 3. The molecule has 0 radical (unpaired) electrons. The summed E-state index contributed by atoms with van der Waals surface area (Å²) < 4.78 is 1.51. The summed E-state index contributed by atoms with van der Waals surface area (Å²) in [7, 11) is 0. The summed E-state index contributed by atoms with van der Waals surface area (Å²) in [4.78, 5) is 19.4. The maximum Gasteiger partial charge on any atom is 0.259 e. The Hall–Kier alpha value is -2.89. The summed E-state index contributed by atoms with van der Waals surface area (Å²) >= 11 is 0. The lowest BCUT2D eigenvalue weighted by atomic mass is 9.92. The van der Waals surface area contributed by atoms with E-state index >= 15 is 0 Å². The van der Waals surface area contributed by atoms with E-state index in [4.69, 9.17) is 5.73 Å². The van der Waals surface area contributed by atoms with E-state index in [1.807, 2.05) is 11.0 Å². The molecule has 3 heterocycles. The lowest BCUT2D eigenvalue weighted by molar-refractivity contribution is 0.0636. The molecule has 1 unspecified atom stereocenters. The van der Waals surface area contributed by atoms with Gasteiger partial charge in [-0.1, -0.05) is 31.2 Å². The third-order valence-electron chi connectivity index (χ3n) is 4.75. The van der Waals surface area contributed by atoms with E-state index in [1.165, 1.54) is 15.6 Å². The Morgan fingerprint density at radius 3 is 2.88 bits per heavy atom. The first-order valence-electron chi connectivity index (χ1n) is 8.15. The van der Waals surface area contributed by atoms with Crippen LogP contribution in [0.15, 0.2) is 42.7 Å². The van der Waals surface area contributed by atoms with E-state index in [-0.39, 0.29) is 11.9 Å². The molecule has 1 aliphatic rings. The number of nitrogens with zero attached hydrogens (tertiary/aromatic N) is 4. The van der Waals surface area contributed by atoms with Gasteiger partial charge in [0.1, 0.15) is 11.4 Å². The van der Waals surface area contributed by atoms with E-state index in [0.29, 0.717) is 23.6 Å². The normalized spacial score (nSPS) is 17.0. The molecule has 1 aliphatic heterocycles. The Balaban J connectivity index is 1.74. The molecule has 0 fully saturated rings. The van der Waals surface area contributed by atoms with E-state index in [2.05, 4.69) is 35.2 Å². The van der Waals surface area contributed by atoms with Crippen molar-refractivity contribution < 1.29 is 4.79 Å². The average molecular weight is 321 g/mol.